The van der Waals surface area contributed by atoms with Crippen LogP contribution in [0.2, 0.25) is 0 Å². The SMILES string of the molecule is CNCc1ccc(N(C)Cc2cscn2)nc1. The Morgan fingerprint density at radius 1 is 1.35 bits per heavy atom. The summed E-state index contributed by atoms with van der Waals surface area (Å²) in [4.78, 5) is 10.8. The second-order valence-corrected chi connectivity index (χ2v) is 4.61. The maximum absolute atomic E-state index is 4.44. The van der Waals surface area contributed by atoms with E-state index in [1.54, 1.807) is 11.3 Å². The van der Waals surface area contributed by atoms with E-state index in [0.29, 0.717) is 0 Å². The molecule has 0 bridgehead atoms. The van der Waals surface area contributed by atoms with Crippen LogP contribution in [0, 0.1) is 0 Å². The molecule has 2 aromatic rings. The number of pyridine rings is 1. The van der Waals surface area contributed by atoms with E-state index in [9.17, 15) is 0 Å². The smallest absolute Gasteiger partial charge is 0.128 e. The van der Waals surface area contributed by atoms with Gasteiger partial charge < -0.3 is 10.2 Å². The molecule has 0 atom stereocenters. The Bertz CT molecular complexity index is 438. The summed E-state index contributed by atoms with van der Waals surface area (Å²) in [6.07, 6.45) is 1.91. The Hall–Kier alpha value is -1.46. The van der Waals surface area contributed by atoms with Gasteiger partial charge in [-0.2, -0.15) is 0 Å². The first-order valence-corrected chi connectivity index (χ1v) is 6.41. The Labute approximate surface area is 105 Å². The third-order valence-electron chi connectivity index (χ3n) is 2.46. The fourth-order valence-electron chi connectivity index (χ4n) is 1.59. The molecule has 4 nitrogen and oxygen atoms in total. The standard InChI is InChI=1S/C12H16N4S/c1-13-5-10-3-4-12(14-6-10)16(2)7-11-8-17-9-15-11/h3-4,6,8-9,13H,5,7H2,1-2H3. The second kappa shape index (κ2) is 5.75. The molecule has 0 aromatic carbocycles. The van der Waals surface area contributed by atoms with Gasteiger partial charge in [-0.3, -0.25) is 0 Å². The Morgan fingerprint density at radius 2 is 2.24 bits per heavy atom. The molecule has 0 spiro atoms. The highest BCUT2D eigenvalue weighted by Crippen LogP contribution is 2.13. The number of aromatic nitrogens is 2. The lowest BCUT2D eigenvalue weighted by Gasteiger charge is -2.16. The number of hydrogen-bond donors (Lipinski definition) is 1. The first-order chi connectivity index (χ1) is 8.29. The monoisotopic (exact) mass is 248 g/mol. The van der Waals surface area contributed by atoms with Gasteiger partial charge in [-0.05, 0) is 18.7 Å². The fourth-order valence-corrected chi connectivity index (χ4v) is 2.14. The summed E-state index contributed by atoms with van der Waals surface area (Å²) in [7, 11) is 3.96. The van der Waals surface area contributed by atoms with Crippen molar-refractivity contribution in [1.29, 1.82) is 0 Å². The average molecular weight is 248 g/mol. The number of hydrogen-bond acceptors (Lipinski definition) is 5. The lowest BCUT2D eigenvalue weighted by atomic mass is 10.3. The van der Waals surface area contributed by atoms with Gasteiger partial charge in [0.05, 0.1) is 17.7 Å². The molecule has 0 saturated carbocycles. The highest BCUT2D eigenvalue weighted by Gasteiger charge is 2.04. The van der Waals surface area contributed by atoms with Crippen molar-refractivity contribution in [2.75, 3.05) is 19.0 Å². The maximum Gasteiger partial charge on any atom is 0.128 e. The lowest BCUT2D eigenvalue weighted by Crippen LogP contribution is -2.18. The minimum Gasteiger partial charge on any atom is -0.354 e. The summed E-state index contributed by atoms with van der Waals surface area (Å²) in [5.74, 6) is 0.970. The van der Waals surface area contributed by atoms with Gasteiger partial charge in [-0.25, -0.2) is 9.97 Å². The van der Waals surface area contributed by atoms with Gasteiger partial charge >= 0.3 is 0 Å². The largest absolute Gasteiger partial charge is 0.354 e. The van der Waals surface area contributed by atoms with Crippen molar-refractivity contribution in [2.24, 2.45) is 0 Å². The first kappa shape index (κ1) is 12.0. The van der Waals surface area contributed by atoms with E-state index in [1.165, 1.54) is 5.56 Å². The molecule has 2 rings (SSSR count). The summed E-state index contributed by atoms with van der Waals surface area (Å²) in [6, 6.07) is 4.13. The van der Waals surface area contributed by atoms with E-state index in [1.807, 2.05) is 31.9 Å². The number of nitrogens with zero attached hydrogens (tertiary/aromatic N) is 3. The Balaban J connectivity index is 2.01. The first-order valence-electron chi connectivity index (χ1n) is 5.47. The quantitative estimate of drug-likeness (QED) is 0.877. The topological polar surface area (TPSA) is 41.0 Å². The molecule has 0 amide bonds. The normalized spacial score (nSPS) is 10.5. The van der Waals surface area contributed by atoms with Gasteiger partial charge in [0.25, 0.3) is 0 Å². The molecule has 0 aliphatic heterocycles. The molecule has 90 valence electrons. The summed E-state index contributed by atoms with van der Waals surface area (Å²) in [5, 5.41) is 5.17. The van der Waals surface area contributed by atoms with Crippen molar-refractivity contribution in [3.8, 4) is 0 Å². The zero-order valence-corrected chi connectivity index (χ0v) is 10.9. The maximum atomic E-state index is 4.44. The Kier molecular flexibility index (Phi) is 4.06. The van der Waals surface area contributed by atoms with Gasteiger partial charge in [-0.1, -0.05) is 6.07 Å². The van der Waals surface area contributed by atoms with Gasteiger partial charge in [0.1, 0.15) is 5.82 Å². The van der Waals surface area contributed by atoms with Crippen LogP contribution in [0.25, 0.3) is 0 Å². The number of anilines is 1. The number of thiazole rings is 1. The van der Waals surface area contributed by atoms with E-state index in [2.05, 4.69) is 31.6 Å². The number of nitrogens with one attached hydrogen (secondary N) is 1. The van der Waals surface area contributed by atoms with Crippen LogP contribution in [0.3, 0.4) is 0 Å². The van der Waals surface area contributed by atoms with Crippen LogP contribution in [-0.2, 0) is 13.1 Å². The van der Waals surface area contributed by atoms with Crippen molar-refractivity contribution >= 4 is 17.2 Å². The van der Waals surface area contributed by atoms with Crippen LogP contribution in [0.1, 0.15) is 11.3 Å². The fraction of sp³-hybridized carbons (Fsp3) is 0.333. The molecular formula is C12H16N4S. The minimum atomic E-state index is 0.794. The second-order valence-electron chi connectivity index (χ2n) is 3.89. The lowest BCUT2D eigenvalue weighted by molar-refractivity contribution is 0.809. The van der Waals surface area contributed by atoms with Crippen molar-refractivity contribution in [3.05, 3.63) is 40.5 Å². The predicted molar refractivity (Wildman–Crippen MR) is 71.2 cm³/mol. The van der Waals surface area contributed by atoms with E-state index in [-0.39, 0.29) is 0 Å². The van der Waals surface area contributed by atoms with Crippen LogP contribution in [0.4, 0.5) is 5.82 Å². The van der Waals surface area contributed by atoms with E-state index >= 15 is 0 Å². The van der Waals surface area contributed by atoms with Crippen molar-refractivity contribution in [3.63, 3.8) is 0 Å². The molecule has 0 radical (unpaired) electrons. The van der Waals surface area contributed by atoms with Crippen LogP contribution < -0.4 is 10.2 Å². The molecule has 0 unspecified atom stereocenters. The molecule has 0 saturated heterocycles. The molecular weight excluding hydrogens is 232 g/mol. The average Bonchev–Trinajstić information content (AvgIpc) is 2.83. The van der Waals surface area contributed by atoms with Crippen molar-refractivity contribution in [2.45, 2.75) is 13.1 Å². The third-order valence-corrected chi connectivity index (χ3v) is 3.10. The molecule has 0 aliphatic rings. The van der Waals surface area contributed by atoms with E-state index in [4.69, 9.17) is 0 Å². The van der Waals surface area contributed by atoms with Crippen molar-refractivity contribution in [1.82, 2.24) is 15.3 Å². The van der Waals surface area contributed by atoms with Gasteiger partial charge in [0.2, 0.25) is 0 Å². The molecule has 17 heavy (non-hydrogen) atoms. The summed E-state index contributed by atoms with van der Waals surface area (Å²) < 4.78 is 0. The molecule has 0 fully saturated rings. The van der Waals surface area contributed by atoms with Gasteiger partial charge in [-0.15, -0.1) is 11.3 Å². The van der Waals surface area contributed by atoms with Crippen LogP contribution in [0.15, 0.2) is 29.2 Å². The van der Waals surface area contributed by atoms with Crippen LogP contribution >= 0.6 is 11.3 Å². The molecule has 2 aromatic heterocycles. The summed E-state index contributed by atoms with van der Waals surface area (Å²) in [5.41, 5.74) is 4.13. The van der Waals surface area contributed by atoms with Crippen LogP contribution in [0.5, 0.6) is 0 Å². The third kappa shape index (κ3) is 3.25. The summed E-state index contributed by atoms with van der Waals surface area (Å²) in [6.45, 7) is 1.64. The zero-order valence-electron chi connectivity index (χ0n) is 10.1. The number of rotatable bonds is 5. The molecule has 0 aliphatic carbocycles. The minimum absolute atomic E-state index is 0.794. The van der Waals surface area contributed by atoms with Crippen LogP contribution in [-0.4, -0.2) is 24.1 Å². The van der Waals surface area contributed by atoms with Gasteiger partial charge in [0.15, 0.2) is 0 Å². The molecule has 2 heterocycles. The highest BCUT2D eigenvalue weighted by atomic mass is 32.1. The highest BCUT2D eigenvalue weighted by molar-refractivity contribution is 7.07. The van der Waals surface area contributed by atoms with Gasteiger partial charge in [0, 0.05) is 25.2 Å². The summed E-state index contributed by atoms with van der Waals surface area (Å²) >= 11 is 1.62. The van der Waals surface area contributed by atoms with Crippen molar-refractivity contribution < 1.29 is 0 Å². The Morgan fingerprint density at radius 3 is 2.82 bits per heavy atom. The molecule has 1 N–H and O–H groups in total. The van der Waals surface area contributed by atoms with E-state index in [0.717, 1.165) is 24.6 Å². The molecule has 5 heteroatoms. The zero-order chi connectivity index (χ0) is 12.1. The predicted octanol–water partition coefficient (Wildman–Crippen LogP) is 1.89. The van der Waals surface area contributed by atoms with E-state index < -0.39 is 0 Å².